The van der Waals surface area contributed by atoms with Crippen molar-refractivity contribution in [2.45, 2.75) is 19.4 Å². The first-order valence-electron chi connectivity index (χ1n) is 9.52. The van der Waals surface area contributed by atoms with Gasteiger partial charge in [0.15, 0.2) is 0 Å². The monoisotopic (exact) mass is 426 g/mol. The molecule has 2 aromatic rings. The van der Waals surface area contributed by atoms with Gasteiger partial charge in [-0.3, -0.25) is 19.3 Å². The van der Waals surface area contributed by atoms with Crippen LogP contribution in [-0.2, 0) is 9.53 Å². The average Bonchev–Trinajstić information content (AvgIpc) is 3.00. The molecule has 0 aromatic heterocycles. The number of anilines is 1. The molecule has 30 heavy (non-hydrogen) atoms. The Morgan fingerprint density at radius 3 is 2.23 bits per heavy atom. The number of hydrogen-bond acceptors (Lipinski definition) is 6. The number of fused-ring (bicyclic) bond motifs is 1. The Balaban J connectivity index is 1.89. The maximum absolute atomic E-state index is 13.2. The van der Waals surface area contributed by atoms with Crippen LogP contribution in [0, 0.1) is 0 Å². The van der Waals surface area contributed by atoms with E-state index in [2.05, 4.69) is 5.32 Å². The molecule has 156 valence electrons. The van der Waals surface area contributed by atoms with E-state index in [9.17, 15) is 19.2 Å². The van der Waals surface area contributed by atoms with Gasteiger partial charge in [-0.05, 0) is 49.6 Å². The molecular formula is C22H22N2O5S. The van der Waals surface area contributed by atoms with Crippen molar-refractivity contribution in [3.63, 3.8) is 0 Å². The Morgan fingerprint density at radius 2 is 1.63 bits per heavy atom. The standard InChI is InChI=1S/C22H22N2O5S/c1-3-29-22(28)16-10-6-7-11-17(16)23-19(25)18(12-13-30-2)24-20(26)14-8-4-5-9-15(14)21(24)27/h4-11,18H,3,12-13H2,1-2H3,(H,23,25). The Labute approximate surface area is 178 Å². The molecular weight excluding hydrogens is 404 g/mol. The van der Waals surface area contributed by atoms with Gasteiger partial charge in [-0.2, -0.15) is 11.8 Å². The van der Waals surface area contributed by atoms with Gasteiger partial charge in [0.25, 0.3) is 11.8 Å². The molecule has 1 unspecified atom stereocenters. The van der Waals surface area contributed by atoms with Crippen LogP contribution in [0.1, 0.15) is 44.4 Å². The molecule has 8 heteroatoms. The molecule has 1 aliphatic rings. The molecule has 0 spiro atoms. The maximum atomic E-state index is 13.2. The number of nitrogens with zero attached hydrogens (tertiary/aromatic N) is 1. The fourth-order valence-electron chi connectivity index (χ4n) is 3.29. The highest BCUT2D eigenvalue weighted by molar-refractivity contribution is 7.98. The number of nitrogens with one attached hydrogen (secondary N) is 1. The van der Waals surface area contributed by atoms with Gasteiger partial charge in [0.1, 0.15) is 6.04 Å². The third kappa shape index (κ3) is 4.23. The molecule has 1 N–H and O–H groups in total. The van der Waals surface area contributed by atoms with Crippen LogP contribution in [0.3, 0.4) is 0 Å². The van der Waals surface area contributed by atoms with Gasteiger partial charge in [0, 0.05) is 0 Å². The zero-order valence-corrected chi connectivity index (χ0v) is 17.5. The normalized spacial score (nSPS) is 13.7. The second kappa shape index (κ2) is 9.58. The number of benzene rings is 2. The number of rotatable bonds is 8. The third-order valence-corrected chi connectivity index (χ3v) is 5.36. The third-order valence-electron chi connectivity index (χ3n) is 4.72. The Morgan fingerprint density at radius 1 is 1.03 bits per heavy atom. The lowest BCUT2D eigenvalue weighted by Gasteiger charge is -2.25. The summed E-state index contributed by atoms with van der Waals surface area (Å²) in [5.41, 5.74) is 1.05. The van der Waals surface area contributed by atoms with Crippen molar-refractivity contribution in [1.29, 1.82) is 0 Å². The number of hydrogen-bond donors (Lipinski definition) is 1. The predicted octanol–water partition coefficient (Wildman–Crippen LogP) is 3.22. The average molecular weight is 426 g/mol. The van der Waals surface area contributed by atoms with Crippen LogP contribution in [0.5, 0.6) is 0 Å². The predicted molar refractivity (Wildman–Crippen MR) is 115 cm³/mol. The summed E-state index contributed by atoms with van der Waals surface area (Å²) in [6, 6.07) is 12.0. The number of imide groups is 1. The van der Waals surface area contributed by atoms with E-state index in [4.69, 9.17) is 4.74 Å². The first-order valence-corrected chi connectivity index (χ1v) is 10.9. The van der Waals surface area contributed by atoms with Crippen molar-refractivity contribution in [3.8, 4) is 0 Å². The molecule has 0 saturated heterocycles. The van der Waals surface area contributed by atoms with Crippen LogP contribution in [-0.4, -0.2) is 53.2 Å². The number of amides is 3. The smallest absolute Gasteiger partial charge is 0.340 e. The molecule has 0 fully saturated rings. The Bertz CT molecular complexity index is 956. The highest BCUT2D eigenvalue weighted by Gasteiger charge is 2.42. The molecule has 3 rings (SSSR count). The van der Waals surface area contributed by atoms with Gasteiger partial charge in [-0.25, -0.2) is 4.79 Å². The molecule has 0 saturated carbocycles. The van der Waals surface area contributed by atoms with Crippen LogP contribution in [0.25, 0.3) is 0 Å². The lowest BCUT2D eigenvalue weighted by atomic mass is 10.1. The lowest BCUT2D eigenvalue weighted by Crippen LogP contribution is -2.47. The zero-order valence-electron chi connectivity index (χ0n) is 16.7. The SMILES string of the molecule is CCOC(=O)c1ccccc1NC(=O)C(CCSC)N1C(=O)c2ccccc2C1=O. The van der Waals surface area contributed by atoms with Gasteiger partial charge in [0.05, 0.1) is 29.0 Å². The number of carbonyl (C=O) groups is 4. The molecule has 3 amide bonds. The summed E-state index contributed by atoms with van der Waals surface area (Å²) in [7, 11) is 0. The summed E-state index contributed by atoms with van der Waals surface area (Å²) in [5.74, 6) is -1.50. The lowest BCUT2D eigenvalue weighted by molar-refractivity contribution is -0.120. The largest absolute Gasteiger partial charge is 0.462 e. The summed E-state index contributed by atoms with van der Waals surface area (Å²) < 4.78 is 5.04. The van der Waals surface area contributed by atoms with Crippen molar-refractivity contribution in [1.82, 2.24) is 4.90 Å². The van der Waals surface area contributed by atoms with E-state index in [-0.39, 0.29) is 29.0 Å². The molecule has 0 radical (unpaired) electrons. The maximum Gasteiger partial charge on any atom is 0.340 e. The van der Waals surface area contributed by atoms with Crippen LogP contribution >= 0.6 is 11.8 Å². The van der Waals surface area contributed by atoms with E-state index in [1.807, 2.05) is 6.26 Å². The van der Waals surface area contributed by atoms with Crippen molar-refractivity contribution >= 4 is 41.1 Å². The molecule has 0 aliphatic carbocycles. The summed E-state index contributed by atoms with van der Waals surface area (Å²) in [6.45, 7) is 1.90. The Hall–Kier alpha value is -3.13. The number of esters is 1. The van der Waals surface area contributed by atoms with Gasteiger partial charge in [-0.15, -0.1) is 0 Å². The van der Waals surface area contributed by atoms with Gasteiger partial charge in [-0.1, -0.05) is 24.3 Å². The minimum absolute atomic E-state index is 0.201. The van der Waals surface area contributed by atoms with E-state index in [0.717, 1.165) is 4.90 Å². The summed E-state index contributed by atoms with van der Waals surface area (Å²) in [4.78, 5) is 52.1. The first kappa shape index (κ1) is 21.6. The molecule has 1 atom stereocenters. The number of ether oxygens (including phenoxy) is 1. The van der Waals surface area contributed by atoms with Crippen LogP contribution in [0.15, 0.2) is 48.5 Å². The number of thioether (sulfide) groups is 1. The molecule has 2 aromatic carbocycles. The van der Waals surface area contributed by atoms with Gasteiger partial charge < -0.3 is 10.1 Å². The number of carbonyl (C=O) groups excluding carboxylic acids is 4. The van der Waals surface area contributed by atoms with Crippen molar-refractivity contribution in [2.24, 2.45) is 0 Å². The number of para-hydroxylation sites is 1. The van der Waals surface area contributed by atoms with Crippen molar-refractivity contribution < 1.29 is 23.9 Å². The highest BCUT2D eigenvalue weighted by Crippen LogP contribution is 2.27. The zero-order chi connectivity index (χ0) is 21.7. The van der Waals surface area contributed by atoms with Crippen LogP contribution in [0.4, 0.5) is 5.69 Å². The fourth-order valence-corrected chi connectivity index (χ4v) is 3.75. The fraction of sp³-hybridized carbons (Fsp3) is 0.273. The Kier molecular flexibility index (Phi) is 6.89. The van der Waals surface area contributed by atoms with E-state index in [0.29, 0.717) is 12.2 Å². The van der Waals surface area contributed by atoms with E-state index < -0.39 is 29.7 Å². The summed E-state index contributed by atoms with van der Waals surface area (Å²) >= 11 is 1.51. The van der Waals surface area contributed by atoms with Gasteiger partial charge in [0.2, 0.25) is 5.91 Å². The topological polar surface area (TPSA) is 92.8 Å². The van der Waals surface area contributed by atoms with Crippen LogP contribution < -0.4 is 5.32 Å². The summed E-state index contributed by atoms with van der Waals surface area (Å²) in [6.07, 6.45) is 2.17. The van der Waals surface area contributed by atoms with E-state index >= 15 is 0 Å². The van der Waals surface area contributed by atoms with Crippen LogP contribution in [0.2, 0.25) is 0 Å². The molecule has 1 heterocycles. The minimum atomic E-state index is -1.000. The molecule has 1 aliphatic heterocycles. The van der Waals surface area contributed by atoms with E-state index in [1.165, 1.54) is 11.8 Å². The summed E-state index contributed by atoms with van der Waals surface area (Å²) in [5, 5.41) is 2.71. The van der Waals surface area contributed by atoms with E-state index in [1.54, 1.807) is 55.5 Å². The first-order chi connectivity index (χ1) is 14.5. The minimum Gasteiger partial charge on any atom is -0.462 e. The molecule has 0 bridgehead atoms. The highest BCUT2D eigenvalue weighted by atomic mass is 32.2. The van der Waals surface area contributed by atoms with Gasteiger partial charge >= 0.3 is 5.97 Å². The molecule has 7 nitrogen and oxygen atoms in total. The van der Waals surface area contributed by atoms with Crippen molar-refractivity contribution in [2.75, 3.05) is 23.9 Å². The second-order valence-electron chi connectivity index (χ2n) is 6.58. The second-order valence-corrected chi connectivity index (χ2v) is 7.56. The van der Waals surface area contributed by atoms with Crippen molar-refractivity contribution in [3.05, 3.63) is 65.2 Å². The quantitative estimate of drug-likeness (QED) is 0.515.